The number of aromatic nitrogens is 2. The summed E-state index contributed by atoms with van der Waals surface area (Å²) in [4.78, 5) is 24.6. The molecule has 2 amide bonds. The maximum Gasteiger partial charge on any atom is 0.252 e. The quantitative estimate of drug-likeness (QED) is 0.627. The van der Waals surface area contributed by atoms with Crippen LogP contribution in [0.4, 0.5) is 0 Å². The van der Waals surface area contributed by atoms with Crippen LogP contribution in [0.15, 0.2) is 48.5 Å². The molecule has 6 heteroatoms. The number of carbonyl (C=O) groups excluding carboxylic acids is 2. The molecule has 1 fully saturated rings. The van der Waals surface area contributed by atoms with Crippen LogP contribution in [-0.2, 0) is 6.54 Å². The highest BCUT2D eigenvalue weighted by Crippen LogP contribution is 2.34. The predicted octanol–water partition coefficient (Wildman–Crippen LogP) is 4.31. The zero-order valence-electron chi connectivity index (χ0n) is 18.0. The van der Waals surface area contributed by atoms with Crippen LogP contribution in [0.3, 0.4) is 0 Å². The molecule has 31 heavy (non-hydrogen) atoms. The SMILES string of the molecule is Cc1ccccc1C(=O)NCc1ccc(-c2nn(C3CCCC3)c(C)c2C(N)=O)cc1. The van der Waals surface area contributed by atoms with E-state index in [4.69, 9.17) is 10.8 Å². The second-order valence-corrected chi connectivity index (χ2v) is 8.25. The number of nitrogens with one attached hydrogen (secondary N) is 1. The Balaban J connectivity index is 1.53. The Labute approximate surface area is 182 Å². The number of hydrogen-bond acceptors (Lipinski definition) is 3. The van der Waals surface area contributed by atoms with Crippen molar-refractivity contribution in [1.82, 2.24) is 15.1 Å². The molecule has 1 saturated carbocycles. The molecule has 3 aromatic rings. The van der Waals surface area contributed by atoms with Gasteiger partial charge in [0.15, 0.2) is 0 Å². The molecule has 3 N–H and O–H groups in total. The number of nitrogens with two attached hydrogens (primary N) is 1. The average molecular weight is 417 g/mol. The minimum Gasteiger partial charge on any atom is -0.365 e. The third kappa shape index (κ3) is 4.24. The Bertz CT molecular complexity index is 1110. The molecule has 0 radical (unpaired) electrons. The zero-order chi connectivity index (χ0) is 22.0. The van der Waals surface area contributed by atoms with Gasteiger partial charge in [-0.1, -0.05) is 55.3 Å². The molecular weight excluding hydrogens is 388 g/mol. The van der Waals surface area contributed by atoms with Gasteiger partial charge in [-0.25, -0.2) is 0 Å². The second kappa shape index (κ2) is 8.76. The molecule has 4 rings (SSSR count). The van der Waals surface area contributed by atoms with Crippen molar-refractivity contribution < 1.29 is 9.59 Å². The molecule has 0 atom stereocenters. The standard InChI is InChI=1S/C25H28N4O2/c1-16-7-3-6-10-21(16)25(31)27-15-18-11-13-19(14-12-18)23-22(24(26)30)17(2)29(28-23)20-8-4-5-9-20/h3,6-7,10-14,20H,4-5,8-9,15H2,1-2H3,(H2,26,30)(H,27,31). The highest BCUT2D eigenvalue weighted by molar-refractivity contribution is 6.00. The topological polar surface area (TPSA) is 90.0 Å². The summed E-state index contributed by atoms with van der Waals surface area (Å²) in [6.07, 6.45) is 4.54. The molecule has 1 heterocycles. The molecule has 2 aromatic carbocycles. The van der Waals surface area contributed by atoms with Gasteiger partial charge in [-0.3, -0.25) is 14.3 Å². The van der Waals surface area contributed by atoms with E-state index in [2.05, 4.69) is 5.32 Å². The fourth-order valence-electron chi connectivity index (χ4n) is 4.41. The lowest BCUT2D eigenvalue weighted by molar-refractivity contribution is 0.0949. The van der Waals surface area contributed by atoms with E-state index in [1.165, 1.54) is 12.8 Å². The second-order valence-electron chi connectivity index (χ2n) is 8.25. The zero-order valence-corrected chi connectivity index (χ0v) is 18.0. The van der Waals surface area contributed by atoms with E-state index in [-0.39, 0.29) is 5.91 Å². The summed E-state index contributed by atoms with van der Waals surface area (Å²) in [5, 5.41) is 7.75. The first-order valence-electron chi connectivity index (χ1n) is 10.8. The molecule has 0 unspecified atom stereocenters. The Morgan fingerprint density at radius 2 is 1.74 bits per heavy atom. The van der Waals surface area contributed by atoms with E-state index < -0.39 is 5.91 Å². The fraction of sp³-hybridized carbons (Fsp3) is 0.320. The monoisotopic (exact) mass is 416 g/mol. The number of rotatable bonds is 6. The van der Waals surface area contributed by atoms with Gasteiger partial charge >= 0.3 is 0 Å². The smallest absolute Gasteiger partial charge is 0.252 e. The Morgan fingerprint density at radius 3 is 2.39 bits per heavy atom. The van der Waals surface area contributed by atoms with Crippen LogP contribution in [0.2, 0.25) is 0 Å². The average Bonchev–Trinajstić information content (AvgIpc) is 3.40. The molecule has 0 spiro atoms. The first-order valence-corrected chi connectivity index (χ1v) is 10.8. The molecule has 1 aliphatic carbocycles. The van der Waals surface area contributed by atoms with E-state index in [1.807, 2.05) is 67.1 Å². The normalized spacial score (nSPS) is 14.0. The van der Waals surface area contributed by atoms with Crippen LogP contribution in [0, 0.1) is 13.8 Å². The van der Waals surface area contributed by atoms with Gasteiger partial charge in [-0.05, 0) is 43.9 Å². The van der Waals surface area contributed by atoms with Crippen molar-refractivity contribution in [2.45, 2.75) is 52.1 Å². The van der Waals surface area contributed by atoms with Gasteiger partial charge in [-0.15, -0.1) is 0 Å². The lowest BCUT2D eigenvalue weighted by Gasteiger charge is -2.12. The third-order valence-corrected chi connectivity index (χ3v) is 6.14. The van der Waals surface area contributed by atoms with Crippen molar-refractivity contribution in [1.29, 1.82) is 0 Å². The summed E-state index contributed by atoms with van der Waals surface area (Å²) in [5.41, 5.74) is 11.1. The van der Waals surface area contributed by atoms with Gasteiger partial charge in [0.2, 0.25) is 0 Å². The van der Waals surface area contributed by atoms with Crippen LogP contribution in [0.1, 0.15) is 69.3 Å². The van der Waals surface area contributed by atoms with Crippen molar-refractivity contribution in [2.24, 2.45) is 5.73 Å². The van der Waals surface area contributed by atoms with E-state index in [9.17, 15) is 9.59 Å². The minimum atomic E-state index is -0.452. The van der Waals surface area contributed by atoms with Crippen LogP contribution in [0.25, 0.3) is 11.3 Å². The number of hydrogen-bond donors (Lipinski definition) is 2. The van der Waals surface area contributed by atoms with Crippen molar-refractivity contribution in [2.75, 3.05) is 0 Å². The van der Waals surface area contributed by atoms with E-state index in [1.54, 1.807) is 0 Å². The van der Waals surface area contributed by atoms with Crippen molar-refractivity contribution >= 4 is 11.8 Å². The fourth-order valence-corrected chi connectivity index (χ4v) is 4.41. The van der Waals surface area contributed by atoms with E-state index in [0.717, 1.165) is 35.2 Å². The summed E-state index contributed by atoms with van der Waals surface area (Å²) in [5.74, 6) is -0.546. The summed E-state index contributed by atoms with van der Waals surface area (Å²) in [7, 11) is 0. The van der Waals surface area contributed by atoms with Crippen LogP contribution >= 0.6 is 0 Å². The van der Waals surface area contributed by atoms with Crippen molar-refractivity contribution in [3.8, 4) is 11.3 Å². The number of benzene rings is 2. The molecule has 160 valence electrons. The number of amides is 2. The number of primary amides is 1. The predicted molar refractivity (Wildman–Crippen MR) is 121 cm³/mol. The molecule has 6 nitrogen and oxygen atoms in total. The van der Waals surface area contributed by atoms with Gasteiger partial charge in [0, 0.05) is 23.4 Å². The molecule has 0 aliphatic heterocycles. The summed E-state index contributed by atoms with van der Waals surface area (Å²) in [6, 6.07) is 15.6. The molecule has 0 bridgehead atoms. The summed E-state index contributed by atoms with van der Waals surface area (Å²) in [6.45, 7) is 4.27. The third-order valence-electron chi connectivity index (χ3n) is 6.14. The van der Waals surface area contributed by atoms with Crippen LogP contribution in [-0.4, -0.2) is 21.6 Å². The lowest BCUT2D eigenvalue weighted by Crippen LogP contribution is -2.23. The van der Waals surface area contributed by atoms with Gasteiger partial charge in [0.05, 0.1) is 11.6 Å². The van der Waals surface area contributed by atoms with Gasteiger partial charge in [0.1, 0.15) is 5.69 Å². The first kappa shape index (κ1) is 20.8. The van der Waals surface area contributed by atoms with Gasteiger partial charge < -0.3 is 11.1 Å². The largest absolute Gasteiger partial charge is 0.365 e. The number of aryl methyl sites for hydroxylation is 1. The number of nitrogens with zero attached hydrogens (tertiary/aromatic N) is 2. The van der Waals surface area contributed by atoms with E-state index >= 15 is 0 Å². The van der Waals surface area contributed by atoms with Crippen molar-refractivity contribution in [3.63, 3.8) is 0 Å². The molecule has 1 aromatic heterocycles. The van der Waals surface area contributed by atoms with Gasteiger partial charge in [0.25, 0.3) is 11.8 Å². The molecular formula is C25H28N4O2. The van der Waals surface area contributed by atoms with Crippen molar-refractivity contribution in [3.05, 3.63) is 76.5 Å². The Hall–Kier alpha value is -3.41. The van der Waals surface area contributed by atoms with Crippen LogP contribution in [0.5, 0.6) is 0 Å². The molecule has 1 aliphatic rings. The lowest BCUT2D eigenvalue weighted by atomic mass is 10.0. The van der Waals surface area contributed by atoms with Crippen LogP contribution < -0.4 is 11.1 Å². The number of carbonyl (C=O) groups is 2. The minimum absolute atomic E-state index is 0.0934. The maximum absolute atomic E-state index is 12.4. The highest BCUT2D eigenvalue weighted by Gasteiger charge is 2.26. The maximum atomic E-state index is 12.4. The Morgan fingerprint density at radius 1 is 1.06 bits per heavy atom. The highest BCUT2D eigenvalue weighted by atomic mass is 16.2. The van der Waals surface area contributed by atoms with E-state index in [0.29, 0.717) is 29.4 Å². The summed E-state index contributed by atoms with van der Waals surface area (Å²) < 4.78 is 1.98. The Kier molecular flexibility index (Phi) is 5.89. The molecule has 0 saturated heterocycles. The first-order chi connectivity index (χ1) is 15.0. The van der Waals surface area contributed by atoms with Gasteiger partial charge in [-0.2, -0.15) is 5.10 Å². The summed E-state index contributed by atoms with van der Waals surface area (Å²) >= 11 is 0.